The third kappa shape index (κ3) is 1.89. The first-order chi connectivity index (χ1) is 7.59. The van der Waals surface area contributed by atoms with Crippen LogP contribution in [0.15, 0.2) is 12.5 Å². The summed E-state index contributed by atoms with van der Waals surface area (Å²) in [5.41, 5.74) is 1.12. The van der Waals surface area contributed by atoms with Crippen molar-refractivity contribution in [3.63, 3.8) is 0 Å². The Hall–Kier alpha value is -1.52. The zero-order valence-corrected chi connectivity index (χ0v) is 9.88. The molecule has 1 fully saturated rings. The van der Waals surface area contributed by atoms with Crippen LogP contribution in [0.3, 0.4) is 0 Å². The van der Waals surface area contributed by atoms with E-state index in [0.29, 0.717) is 6.61 Å². The van der Waals surface area contributed by atoms with Gasteiger partial charge in [-0.05, 0) is 13.8 Å². The maximum Gasteiger partial charge on any atom is 0.410 e. The zero-order valence-electron chi connectivity index (χ0n) is 9.88. The number of carbonyl (C=O) groups is 1. The van der Waals surface area contributed by atoms with Crippen LogP contribution in [0.25, 0.3) is 0 Å². The minimum Gasteiger partial charge on any atom is -0.447 e. The third-order valence-electron chi connectivity index (χ3n) is 2.92. The van der Waals surface area contributed by atoms with E-state index in [4.69, 9.17) is 4.74 Å². The van der Waals surface area contributed by atoms with Gasteiger partial charge in [0.15, 0.2) is 0 Å². The highest BCUT2D eigenvalue weighted by Gasteiger charge is 2.35. The molecule has 1 aromatic heterocycles. The molecule has 1 saturated heterocycles. The van der Waals surface area contributed by atoms with E-state index in [-0.39, 0.29) is 18.2 Å². The molecule has 1 amide bonds. The Kier molecular flexibility index (Phi) is 2.85. The van der Waals surface area contributed by atoms with E-state index >= 15 is 0 Å². The van der Waals surface area contributed by atoms with Crippen LogP contribution in [0.4, 0.5) is 4.79 Å². The first-order valence-corrected chi connectivity index (χ1v) is 5.50. The average Bonchev–Trinajstić information content (AvgIpc) is 2.75. The standard InChI is InChI=1S/C11H17N3O2/c1-8(2)14-10(6-16-11(14)15)4-9-5-12-7-13(9)3/h5,7-8,10H,4,6H2,1-3H3/t10-/m0/s1. The van der Waals surface area contributed by atoms with Gasteiger partial charge in [0.2, 0.25) is 0 Å². The molecule has 88 valence electrons. The second-order valence-electron chi connectivity index (χ2n) is 4.43. The highest BCUT2D eigenvalue weighted by molar-refractivity contribution is 5.70. The second-order valence-corrected chi connectivity index (χ2v) is 4.43. The van der Waals surface area contributed by atoms with Gasteiger partial charge < -0.3 is 9.30 Å². The van der Waals surface area contributed by atoms with E-state index in [0.717, 1.165) is 12.1 Å². The van der Waals surface area contributed by atoms with Gasteiger partial charge in [-0.3, -0.25) is 4.90 Å². The molecule has 0 saturated carbocycles. The smallest absolute Gasteiger partial charge is 0.410 e. The van der Waals surface area contributed by atoms with E-state index in [9.17, 15) is 4.79 Å². The lowest BCUT2D eigenvalue weighted by Crippen LogP contribution is -2.40. The summed E-state index contributed by atoms with van der Waals surface area (Å²) in [6, 6.07) is 0.302. The number of cyclic esters (lactones) is 1. The predicted molar refractivity (Wildman–Crippen MR) is 59.0 cm³/mol. The van der Waals surface area contributed by atoms with Crippen LogP contribution >= 0.6 is 0 Å². The first-order valence-electron chi connectivity index (χ1n) is 5.50. The fourth-order valence-corrected chi connectivity index (χ4v) is 2.08. The minimum absolute atomic E-state index is 0.128. The van der Waals surface area contributed by atoms with Gasteiger partial charge in [0.05, 0.1) is 12.4 Å². The lowest BCUT2D eigenvalue weighted by molar-refractivity contribution is 0.149. The molecule has 1 aromatic rings. The van der Waals surface area contributed by atoms with Gasteiger partial charge in [-0.15, -0.1) is 0 Å². The van der Waals surface area contributed by atoms with Gasteiger partial charge in [0, 0.05) is 31.4 Å². The third-order valence-corrected chi connectivity index (χ3v) is 2.92. The molecule has 1 atom stereocenters. The molecule has 1 aliphatic heterocycles. The van der Waals surface area contributed by atoms with Gasteiger partial charge in [0.1, 0.15) is 6.61 Å². The number of hydrogen-bond donors (Lipinski definition) is 0. The van der Waals surface area contributed by atoms with Crippen LogP contribution in [-0.4, -0.2) is 39.2 Å². The second kappa shape index (κ2) is 4.15. The molecule has 1 aliphatic rings. The molecule has 0 unspecified atom stereocenters. The van der Waals surface area contributed by atoms with Crippen molar-refractivity contribution in [2.75, 3.05) is 6.61 Å². The fraction of sp³-hybridized carbons (Fsp3) is 0.636. The maximum absolute atomic E-state index is 11.5. The number of amides is 1. The molecule has 0 bridgehead atoms. The molecular weight excluding hydrogens is 206 g/mol. The van der Waals surface area contributed by atoms with Gasteiger partial charge >= 0.3 is 6.09 Å². The number of aryl methyl sites for hydroxylation is 1. The molecule has 0 aliphatic carbocycles. The molecule has 0 spiro atoms. The number of imidazole rings is 1. The predicted octanol–water partition coefficient (Wildman–Crippen LogP) is 1.19. The van der Waals surface area contributed by atoms with Gasteiger partial charge in [-0.25, -0.2) is 9.78 Å². The molecular formula is C11H17N3O2. The van der Waals surface area contributed by atoms with Crippen LogP contribution in [-0.2, 0) is 18.2 Å². The lowest BCUT2D eigenvalue weighted by atomic mass is 10.1. The summed E-state index contributed by atoms with van der Waals surface area (Å²) in [5.74, 6) is 0. The van der Waals surface area contributed by atoms with Gasteiger partial charge in [-0.1, -0.05) is 0 Å². The molecule has 0 aromatic carbocycles. The molecule has 5 nitrogen and oxygen atoms in total. The monoisotopic (exact) mass is 223 g/mol. The van der Waals surface area contributed by atoms with E-state index in [2.05, 4.69) is 4.98 Å². The van der Waals surface area contributed by atoms with Crippen LogP contribution in [0.5, 0.6) is 0 Å². The van der Waals surface area contributed by atoms with E-state index in [1.54, 1.807) is 11.2 Å². The molecule has 2 heterocycles. The Morgan fingerprint density at radius 1 is 1.62 bits per heavy atom. The summed E-state index contributed by atoms with van der Waals surface area (Å²) in [7, 11) is 1.96. The largest absolute Gasteiger partial charge is 0.447 e. The topological polar surface area (TPSA) is 47.4 Å². The Morgan fingerprint density at radius 3 is 2.94 bits per heavy atom. The Bertz CT molecular complexity index is 386. The molecule has 2 rings (SSSR count). The molecule has 16 heavy (non-hydrogen) atoms. The van der Waals surface area contributed by atoms with Crippen molar-refractivity contribution in [3.8, 4) is 0 Å². The summed E-state index contributed by atoms with van der Waals surface area (Å²) in [5, 5.41) is 0. The van der Waals surface area contributed by atoms with Crippen molar-refractivity contribution in [2.24, 2.45) is 7.05 Å². The first kappa shape index (κ1) is 11.0. The molecule has 0 radical (unpaired) electrons. The lowest BCUT2D eigenvalue weighted by Gasteiger charge is -2.25. The summed E-state index contributed by atoms with van der Waals surface area (Å²) < 4.78 is 7.06. The highest BCUT2D eigenvalue weighted by atomic mass is 16.6. The van der Waals surface area contributed by atoms with E-state index in [1.807, 2.05) is 31.7 Å². The number of rotatable bonds is 3. The normalized spacial score (nSPS) is 20.6. The van der Waals surface area contributed by atoms with Crippen LogP contribution in [0.1, 0.15) is 19.5 Å². The van der Waals surface area contributed by atoms with Crippen LogP contribution in [0.2, 0.25) is 0 Å². The number of aromatic nitrogens is 2. The summed E-state index contributed by atoms with van der Waals surface area (Å²) >= 11 is 0. The Labute approximate surface area is 95.0 Å². The highest BCUT2D eigenvalue weighted by Crippen LogP contribution is 2.19. The summed E-state index contributed by atoms with van der Waals surface area (Å²) in [6.45, 7) is 4.48. The van der Waals surface area contributed by atoms with Crippen LogP contribution in [0, 0.1) is 0 Å². The number of ether oxygens (including phenoxy) is 1. The quantitative estimate of drug-likeness (QED) is 0.773. The van der Waals surface area contributed by atoms with Crippen molar-refractivity contribution >= 4 is 6.09 Å². The molecule has 0 N–H and O–H groups in total. The van der Waals surface area contributed by atoms with Gasteiger partial charge in [-0.2, -0.15) is 0 Å². The van der Waals surface area contributed by atoms with Crippen molar-refractivity contribution in [2.45, 2.75) is 32.4 Å². The fourth-order valence-electron chi connectivity index (χ4n) is 2.08. The summed E-state index contributed by atoms with van der Waals surface area (Å²) in [6.07, 6.45) is 4.19. The average molecular weight is 223 g/mol. The van der Waals surface area contributed by atoms with Crippen LogP contribution < -0.4 is 0 Å². The minimum atomic E-state index is -0.206. The van der Waals surface area contributed by atoms with Gasteiger partial charge in [0.25, 0.3) is 0 Å². The number of hydrogen-bond acceptors (Lipinski definition) is 3. The SMILES string of the molecule is CC(C)N1C(=O)OC[C@@H]1Cc1cncn1C. The number of carbonyl (C=O) groups excluding carboxylic acids is 1. The number of nitrogens with zero attached hydrogens (tertiary/aromatic N) is 3. The maximum atomic E-state index is 11.5. The van der Waals surface area contributed by atoms with Crippen molar-refractivity contribution in [3.05, 3.63) is 18.2 Å². The van der Waals surface area contributed by atoms with E-state index < -0.39 is 0 Å². The van der Waals surface area contributed by atoms with Crippen molar-refractivity contribution < 1.29 is 9.53 Å². The zero-order chi connectivity index (χ0) is 11.7. The van der Waals surface area contributed by atoms with Crippen molar-refractivity contribution in [1.29, 1.82) is 0 Å². The van der Waals surface area contributed by atoms with Crippen molar-refractivity contribution in [1.82, 2.24) is 14.5 Å². The Morgan fingerprint density at radius 2 is 2.38 bits per heavy atom. The molecule has 5 heteroatoms. The van der Waals surface area contributed by atoms with E-state index in [1.165, 1.54) is 0 Å². The Balaban J connectivity index is 2.10. The summed E-state index contributed by atoms with van der Waals surface area (Å²) in [4.78, 5) is 17.4.